The summed E-state index contributed by atoms with van der Waals surface area (Å²) in [6.07, 6.45) is 3.48. The summed E-state index contributed by atoms with van der Waals surface area (Å²) in [7, 11) is 0. The zero-order chi connectivity index (χ0) is 11.5. The lowest BCUT2D eigenvalue weighted by atomic mass is 10.1. The number of nitrogens with zero attached hydrogens (tertiary/aromatic N) is 2. The van der Waals surface area contributed by atoms with E-state index in [4.69, 9.17) is 5.73 Å². The van der Waals surface area contributed by atoms with Gasteiger partial charge in [0.05, 0.1) is 5.69 Å². The van der Waals surface area contributed by atoms with Crippen LogP contribution < -0.4 is 5.73 Å². The second kappa shape index (κ2) is 4.97. The van der Waals surface area contributed by atoms with Crippen molar-refractivity contribution in [3.05, 3.63) is 17.0 Å². The van der Waals surface area contributed by atoms with Crippen LogP contribution in [0.1, 0.15) is 29.8 Å². The molecule has 1 aromatic rings. The van der Waals surface area contributed by atoms with Crippen LogP contribution in [0.5, 0.6) is 0 Å². The molecule has 1 saturated heterocycles. The molecular formula is C12H22N4. The van der Waals surface area contributed by atoms with Crippen LogP contribution in [-0.2, 0) is 6.42 Å². The average Bonchev–Trinajstić information content (AvgIpc) is 2.78. The normalized spacial score (nSPS) is 21.8. The Hall–Kier alpha value is -0.870. The number of aryl methyl sites for hydroxylation is 2. The van der Waals surface area contributed by atoms with Gasteiger partial charge in [0.1, 0.15) is 0 Å². The SMILES string of the molecule is Cc1n[nH]c(C)c1CCCN1CC[C@@H](N)C1. The lowest BCUT2D eigenvalue weighted by Crippen LogP contribution is -2.27. The molecule has 0 radical (unpaired) electrons. The zero-order valence-electron chi connectivity index (χ0n) is 10.3. The van der Waals surface area contributed by atoms with Crippen LogP contribution in [0, 0.1) is 13.8 Å². The molecule has 3 N–H and O–H groups in total. The van der Waals surface area contributed by atoms with Crippen molar-refractivity contribution in [3.8, 4) is 0 Å². The minimum Gasteiger partial charge on any atom is -0.326 e. The second-order valence-corrected chi connectivity index (χ2v) is 4.87. The molecule has 1 aliphatic rings. The van der Waals surface area contributed by atoms with Crippen LogP contribution in [0.25, 0.3) is 0 Å². The lowest BCUT2D eigenvalue weighted by Gasteiger charge is -2.14. The van der Waals surface area contributed by atoms with E-state index in [1.165, 1.54) is 24.2 Å². The molecule has 90 valence electrons. The van der Waals surface area contributed by atoms with E-state index in [-0.39, 0.29) is 0 Å². The molecule has 2 heterocycles. The highest BCUT2D eigenvalue weighted by molar-refractivity contribution is 5.23. The molecule has 0 aliphatic carbocycles. The van der Waals surface area contributed by atoms with Crippen molar-refractivity contribution in [2.75, 3.05) is 19.6 Å². The number of hydrogen-bond donors (Lipinski definition) is 2. The van der Waals surface area contributed by atoms with Gasteiger partial charge in [0.25, 0.3) is 0 Å². The molecule has 1 atom stereocenters. The van der Waals surface area contributed by atoms with E-state index in [1.807, 2.05) is 0 Å². The number of hydrogen-bond acceptors (Lipinski definition) is 3. The van der Waals surface area contributed by atoms with Crippen molar-refractivity contribution in [2.45, 2.75) is 39.2 Å². The highest BCUT2D eigenvalue weighted by atomic mass is 15.2. The molecule has 16 heavy (non-hydrogen) atoms. The maximum absolute atomic E-state index is 5.88. The summed E-state index contributed by atoms with van der Waals surface area (Å²) < 4.78 is 0. The summed E-state index contributed by atoms with van der Waals surface area (Å²) in [6, 6.07) is 0.400. The number of aromatic nitrogens is 2. The maximum Gasteiger partial charge on any atom is 0.0625 e. The Labute approximate surface area is 97.2 Å². The van der Waals surface area contributed by atoms with Gasteiger partial charge in [-0.05, 0) is 51.8 Å². The highest BCUT2D eigenvalue weighted by Crippen LogP contribution is 2.13. The third kappa shape index (κ3) is 2.62. The van der Waals surface area contributed by atoms with E-state index in [1.54, 1.807) is 0 Å². The standard InChI is InChI=1S/C12H22N4/c1-9-12(10(2)15-14-9)4-3-6-16-7-5-11(13)8-16/h11H,3-8,13H2,1-2H3,(H,14,15)/t11-/m1/s1. The summed E-state index contributed by atoms with van der Waals surface area (Å²) in [5.74, 6) is 0. The van der Waals surface area contributed by atoms with Crippen molar-refractivity contribution < 1.29 is 0 Å². The average molecular weight is 222 g/mol. The molecule has 1 aliphatic heterocycles. The topological polar surface area (TPSA) is 57.9 Å². The fourth-order valence-corrected chi connectivity index (χ4v) is 2.49. The van der Waals surface area contributed by atoms with Crippen LogP contribution >= 0.6 is 0 Å². The van der Waals surface area contributed by atoms with Crippen molar-refractivity contribution >= 4 is 0 Å². The minimum absolute atomic E-state index is 0.400. The van der Waals surface area contributed by atoms with E-state index >= 15 is 0 Å². The van der Waals surface area contributed by atoms with Crippen molar-refractivity contribution in [2.24, 2.45) is 5.73 Å². The molecule has 1 fully saturated rings. The molecule has 0 saturated carbocycles. The summed E-state index contributed by atoms with van der Waals surface area (Å²) in [5.41, 5.74) is 9.64. The molecule has 2 rings (SSSR count). The van der Waals surface area contributed by atoms with Crippen LogP contribution in [0.2, 0.25) is 0 Å². The molecule has 0 amide bonds. The Balaban J connectivity index is 1.76. The van der Waals surface area contributed by atoms with E-state index in [9.17, 15) is 0 Å². The summed E-state index contributed by atoms with van der Waals surface area (Å²) in [5, 5.41) is 7.26. The zero-order valence-corrected chi connectivity index (χ0v) is 10.3. The molecule has 4 heteroatoms. The van der Waals surface area contributed by atoms with E-state index in [0.717, 1.165) is 31.6 Å². The Kier molecular flexibility index (Phi) is 3.61. The van der Waals surface area contributed by atoms with Crippen molar-refractivity contribution in [3.63, 3.8) is 0 Å². The largest absolute Gasteiger partial charge is 0.326 e. The quantitative estimate of drug-likeness (QED) is 0.799. The van der Waals surface area contributed by atoms with Crippen LogP contribution in [-0.4, -0.2) is 40.8 Å². The Morgan fingerprint density at radius 2 is 2.31 bits per heavy atom. The van der Waals surface area contributed by atoms with Crippen LogP contribution in [0.3, 0.4) is 0 Å². The van der Waals surface area contributed by atoms with Gasteiger partial charge in [-0.15, -0.1) is 0 Å². The van der Waals surface area contributed by atoms with Gasteiger partial charge in [-0.25, -0.2) is 0 Å². The minimum atomic E-state index is 0.400. The smallest absolute Gasteiger partial charge is 0.0625 e. The second-order valence-electron chi connectivity index (χ2n) is 4.87. The van der Waals surface area contributed by atoms with Crippen molar-refractivity contribution in [1.82, 2.24) is 15.1 Å². The van der Waals surface area contributed by atoms with Crippen LogP contribution in [0.15, 0.2) is 0 Å². The number of aromatic amines is 1. The molecule has 0 bridgehead atoms. The van der Waals surface area contributed by atoms with Gasteiger partial charge in [0.15, 0.2) is 0 Å². The Bertz CT molecular complexity index is 325. The third-order valence-corrected chi connectivity index (χ3v) is 3.49. The molecule has 4 nitrogen and oxygen atoms in total. The molecular weight excluding hydrogens is 200 g/mol. The van der Waals surface area contributed by atoms with Gasteiger partial charge in [0, 0.05) is 18.3 Å². The van der Waals surface area contributed by atoms with Gasteiger partial charge in [0.2, 0.25) is 0 Å². The highest BCUT2D eigenvalue weighted by Gasteiger charge is 2.18. The number of rotatable bonds is 4. The number of nitrogens with two attached hydrogens (primary N) is 1. The van der Waals surface area contributed by atoms with E-state index in [2.05, 4.69) is 28.9 Å². The summed E-state index contributed by atoms with van der Waals surface area (Å²) in [6.45, 7) is 7.58. The lowest BCUT2D eigenvalue weighted by molar-refractivity contribution is 0.329. The van der Waals surface area contributed by atoms with E-state index in [0.29, 0.717) is 6.04 Å². The first kappa shape index (κ1) is 11.6. The maximum atomic E-state index is 5.88. The molecule has 0 aromatic carbocycles. The summed E-state index contributed by atoms with van der Waals surface area (Å²) in [4.78, 5) is 2.47. The first-order chi connectivity index (χ1) is 7.66. The number of H-pyrrole nitrogens is 1. The van der Waals surface area contributed by atoms with Crippen LogP contribution in [0.4, 0.5) is 0 Å². The fourth-order valence-electron chi connectivity index (χ4n) is 2.49. The van der Waals surface area contributed by atoms with E-state index < -0.39 is 0 Å². The molecule has 1 aromatic heterocycles. The summed E-state index contributed by atoms with van der Waals surface area (Å²) >= 11 is 0. The fraction of sp³-hybridized carbons (Fsp3) is 0.750. The van der Waals surface area contributed by atoms with Gasteiger partial charge in [-0.3, -0.25) is 5.10 Å². The molecule has 0 spiro atoms. The Morgan fingerprint density at radius 1 is 1.50 bits per heavy atom. The number of nitrogens with one attached hydrogen (secondary N) is 1. The van der Waals surface area contributed by atoms with Gasteiger partial charge in [-0.1, -0.05) is 0 Å². The first-order valence-corrected chi connectivity index (χ1v) is 6.15. The first-order valence-electron chi connectivity index (χ1n) is 6.15. The van der Waals surface area contributed by atoms with Gasteiger partial charge in [-0.2, -0.15) is 5.10 Å². The predicted octanol–water partition coefficient (Wildman–Crippen LogP) is 0.992. The van der Waals surface area contributed by atoms with Gasteiger partial charge >= 0.3 is 0 Å². The predicted molar refractivity (Wildman–Crippen MR) is 65.4 cm³/mol. The Morgan fingerprint density at radius 3 is 2.88 bits per heavy atom. The molecule has 0 unspecified atom stereocenters. The van der Waals surface area contributed by atoms with Crippen molar-refractivity contribution in [1.29, 1.82) is 0 Å². The monoisotopic (exact) mass is 222 g/mol. The number of likely N-dealkylation sites (tertiary alicyclic amines) is 1. The third-order valence-electron chi connectivity index (χ3n) is 3.49. The van der Waals surface area contributed by atoms with Gasteiger partial charge < -0.3 is 10.6 Å².